The highest BCUT2D eigenvalue weighted by Crippen LogP contribution is 2.26. The van der Waals surface area contributed by atoms with Gasteiger partial charge in [0, 0.05) is 19.0 Å². The molecule has 0 radical (unpaired) electrons. The largest absolute Gasteiger partial charge is 0.339 e. The fourth-order valence-electron chi connectivity index (χ4n) is 3.50. The Morgan fingerprint density at radius 2 is 2.00 bits per heavy atom. The first kappa shape index (κ1) is 14.8. The van der Waals surface area contributed by atoms with Gasteiger partial charge in [0.25, 0.3) is 0 Å². The Morgan fingerprint density at radius 1 is 1.26 bits per heavy atom. The summed E-state index contributed by atoms with van der Waals surface area (Å²) < 4.78 is 0. The SMILES string of the molecule is CC(C)CN(C(=O)CCC1CCNC1)C1CCCC1. The van der Waals surface area contributed by atoms with Gasteiger partial charge in [-0.05, 0) is 50.6 Å². The van der Waals surface area contributed by atoms with Crippen LogP contribution >= 0.6 is 0 Å². The summed E-state index contributed by atoms with van der Waals surface area (Å²) in [6, 6.07) is 0.539. The van der Waals surface area contributed by atoms with Gasteiger partial charge in [-0.15, -0.1) is 0 Å². The quantitative estimate of drug-likeness (QED) is 0.802. The van der Waals surface area contributed by atoms with Crippen molar-refractivity contribution in [1.82, 2.24) is 10.2 Å². The summed E-state index contributed by atoms with van der Waals surface area (Å²) in [6.45, 7) is 7.64. The van der Waals surface area contributed by atoms with Crippen molar-refractivity contribution < 1.29 is 4.79 Å². The fourth-order valence-corrected chi connectivity index (χ4v) is 3.50. The Hall–Kier alpha value is -0.570. The van der Waals surface area contributed by atoms with E-state index in [0.29, 0.717) is 17.9 Å². The van der Waals surface area contributed by atoms with Crippen molar-refractivity contribution in [3.05, 3.63) is 0 Å². The van der Waals surface area contributed by atoms with Crippen LogP contribution in [-0.4, -0.2) is 36.5 Å². The summed E-state index contributed by atoms with van der Waals surface area (Å²) in [5.41, 5.74) is 0. The number of carbonyl (C=O) groups excluding carboxylic acids is 1. The van der Waals surface area contributed by atoms with Crippen LogP contribution in [0.1, 0.15) is 58.8 Å². The zero-order valence-electron chi connectivity index (χ0n) is 12.7. The molecule has 1 amide bonds. The van der Waals surface area contributed by atoms with Gasteiger partial charge >= 0.3 is 0 Å². The number of carbonyl (C=O) groups is 1. The average Bonchev–Trinajstić information content (AvgIpc) is 3.05. The first-order valence-corrected chi connectivity index (χ1v) is 8.17. The van der Waals surface area contributed by atoms with Crippen LogP contribution in [0.15, 0.2) is 0 Å². The molecule has 1 unspecified atom stereocenters. The minimum atomic E-state index is 0.410. The lowest BCUT2D eigenvalue weighted by molar-refractivity contribution is -0.134. The lowest BCUT2D eigenvalue weighted by Crippen LogP contribution is -2.41. The molecule has 1 aliphatic heterocycles. The predicted octanol–water partition coefficient (Wildman–Crippen LogP) is 2.80. The van der Waals surface area contributed by atoms with E-state index in [9.17, 15) is 4.79 Å². The van der Waals surface area contributed by atoms with Crippen molar-refractivity contribution in [2.24, 2.45) is 11.8 Å². The van der Waals surface area contributed by atoms with Gasteiger partial charge in [-0.3, -0.25) is 4.79 Å². The standard InChI is InChI=1S/C16H30N2O/c1-13(2)12-18(15-5-3-4-6-15)16(19)8-7-14-9-10-17-11-14/h13-15,17H,3-12H2,1-2H3. The molecule has 1 aliphatic carbocycles. The van der Waals surface area contributed by atoms with Gasteiger partial charge < -0.3 is 10.2 Å². The van der Waals surface area contributed by atoms with Gasteiger partial charge in [-0.1, -0.05) is 26.7 Å². The number of nitrogens with zero attached hydrogens (tertiary/aromatic N) is 1. The molecule has 110 valence electrons. The molecule has 0 bridgehead atoms. The topological polar surface area (TPSA) is 32.3 Å². The van der Waals surface area contributed by atoms with Crippen LogP contribution in [0.3, 0.4) is 0 Å². The van der Waals surface area contributed by atoms with Crippen LogP contribution < -0.4 is 5.32 Å². The Balaban J connectivity index is 1.83. The number of rotatable bonds is 6. The normalized spacial score (nSPS) is 24.3. The van der Waals surface area contributed by atoms with E-state index in [1.807, 2.05) is 0 Å². The second-order valence-electron chi connectivity index (χ2n) is 6.78. The highest BCUT2D eigenvalue weighted by atomic mass is 16.2. The van der Waals surface area contributed by atoms with Crippen molar-refractivity contribution in [2.45, 2.75) is 64.8 Å². The maximum Gasteiger partial charge on any atom is 0.222 e. The van der Waals surface area contributed by atoms with E-state index in [2.05, 4.69) is 24.1 Å². The lowest BCUT2D eigenvalue weighted by atomic mass is 10.0. The highest BCUT2D eigenvalue weighted by molar-refractivity contribution is 5.76. The molecule has 1 saturated heterocycles. The lowest BCUT2D eigenvalue weighted by Gasteiger charge is -2.31. The van der Waals surface area contributed by atoms with Crippen molar-refractivity contribution in [1.29, 1.82) is 0 Å². The van der Waals surface area contributed by atoms with Crippen LogP contribution in [0.2, 0.25) is 0 Å². The van der Waals surface area contributed by atoms with Gasteiger partial charge in [0.15, 0.2) is 0 Å². The smallest absolute Gasteiger partial charge is 0.222 e. The van der Waals surface area contributed by atoms with Gasteiger partial charge in [-0.25, -0.2) is 0 Å². The minimum absolute atomic E-state index is 0.410. The molecule has 3 heteroatoms. The number of hydrogen-bond acceptors (Lipinski definition) is 2. The van der Waals surface area contributed by atoms with E-state index >= 15 is 0 Å². The molecular weight excluding hydrogens is 236 g/mol. The number of nitrogens with one attached hydrogen (secondary N) is 1. The third-order valence-electron chi connectivity index (χ3n) is 4.58. The van der Waals surface area contributed by atoms with Crippen LogP contribution in [0, 0.1) is 11.8 Å². The van der Waals surface area contributed by atoms with Crippen molar-refractivity contribution >= 4 is 5.91 Å². The number of hydrogen-bond donors (Lipinski definition) is 1. The Labute approximate surface area is 118 Å². The molecule has 2 fully saturated rings. The molecule has 0 aromatic carbocycles. The number of amides is 1. The summed E-state index contributed by atoms with van der Waals surface area (Å²) in [5.74, 6) is 1.72. The maximum atomic E-state index is 12.5. The zero-order valence-corrected chi connectivity index (χ0v) is 12.7. The Bertz CT molecular complexity index is 278. The second-order valence-corrected chi connectivity index (χ2v) is 6.78. The second kappa shape index (κ2) is 7.28. The summed E-state index contributed by atoms with van der Waals surface area (Å²) >= 11 is 0. The molecule has 1 N–H and O–H groups in total. The molecule has 1 heterocycles. The van der Waals surface area contributed by atoms with Gasteiger partial charge in [0.2, 0.25) is 5.91 Å². The molecule has 3 nitrogen and oxygen atoms in total. The van der Waals surface area contributed by atoms with E-state index < -0.39 is 0 Å². The highest BCUT2D eigenvalue weighted by Gasteiger charge is 2.27. The Morgan fingerprint density at radius 3 is 2.58 bits per heavy atom. The van der Waals surface area contributed by atoms with E-state index in [1.165, 1.54) is 32.1 Å². The molecule has 2 aliphatic rings. The monoisotopic (exact) mass is 266 g/mol. The molecule has 2 rings (SSSR count). The zero-order chi connectivity index (χ0) is 13.7. The van der Waals surface area contributed by atoms with Gasteiger partial charge in [-0.2, -0.15) is 0 Å². The van der Waals surface area contributed by atoms with Crippen LogP contribution in [0.4, 0.5) is 0 Å². The molecule has 0 aromatic heterocycles. The fraction of sp³-hybridized carbons (Fsp3) is 0.938. The summed E-state index contributed by atoms with van der Waals surface area (Å²) in [4.78, 5) is 14.7. The summed E-state index contributed by atoms with van der Waals surface area (Å²) in [5, 5.41) is 3.39. The first-order chi connectivity index (χ1) is 9.16. The van der Waals surface area contributed by atoms with Crippen LogP contribution in [-0.2, 0) is 4.79 Å². The molecule has 1 saturated carbocycles. The molecular formula is C16H30N2O. The average molecular weight is 266 g/mol. The van der Waals surface area contributed by atoms with Crippen molar-refractivity contribution in [3.63, 3.8) is 0 Å². The predicted molar refractivity (Wildman–Crippen MR) is 79.0 cm³/mol. The first-order valence-electron chi connectivity index (χ1n) is 8.17. The van der Waals surface area contributed by atoms with Crippen molar-refractivity contribution in [3.8, 4) is 0 Å². The van der Waals surface area contributed by atoms with Gasteiger partial charge in [0.05, 0.1) is 0 Å². The molecule has 0 aromatic rings. The van der Waals surface area contributed by atoms with Crippen molar-refractivity contribution in [2.75, 3.05) is 19.6 Å². The Kier molecular flexibility index (Phi) is 5.68. The van der Waals surface area contributed by atoms with E-state index in [4.69, 9.17) is 0 Å². The van der Waals surface area contributed by atoms with Crippen LogP contribution in [0.5, 0.6) is 0 Å². The van der Waals surface area contributed by atoms with Gasteiger partial charge in [0.1, 0.15) is 0 Å². The molecule has 1 atom stereocenters. The summed E-state index contributed by atoms with van der Waals surface area (Å²) in [6.07, 6.45) is 8.15. The van der Waals surface area contributed by atoms with E-state index in [1.54, 1.807) is 0 Å². The summed E-state index contributed by atoms with van der Waals surface area (Å²) in [7, 11) is 0. The molecule has 19 heavy (non-hydrogen) atoms. The van der Waals surface area contributed by atoms with Crippen LogP contribution in [0.25, 0.3) is 0 Å². The van der Waals surface area contributed by atoms with E-state index in [0.717, 1.165) is 38.4 Å². The molecule has 0 spiro atoms. The maximum absolute atomic E-state index is 12.5. The third-order valence-corrected chi connectivity index (χ3v) is 4.58. The minimum Gasteiger partial charge on any atom is -0.339 e. The van der Waals surface area contributed by atoms with E-state index in [-0.39, 0.29) is 0 Å². The third kappa shape index (κ3) is 4.48.